The lowest BCUT2D eigenvalue weighted by Crippen LogP contribution is -2.47. The third kappa shape index (κ3) is 24.9. The first-order valence-corrected chi connectivity index (χ1v) is 25.9. The minimum absolute atomic E-state index is 0.131. The van der Waals surface area contributed by atoms with Gasteiger partial charge in [-0.2, -0.15) is 0 Å². The van der Waals surface area contributed by atoms with Gasteiger partial charge in [0.15, 0.2) is 0 Å². The summed E-state index contributed by atoms with van der Waals surface area (Å²) < 4.78 is 60.6. The molecule has 0 bridgehead atoms. The number of para-hydroxylation sites is 2. The predicted molar refractivity (Wildman–Crippen MR) is 288 cm³/mol. The van der Waals surface area contributed by atoms with Crippen molar-refractivity contribution in [1.82, 2.24) is 5.32 Å². The topological polar surface area (TPSA) is 138 Å². The highest BCUT2D eigenvalue weighted by Gasteiger charge is 2.40. The first-order valence-electron chi connectivity index (χ1n) is 25.9. The van der Waals surface area contributed by atoms with E-state index in [1.54, 1.807) is 0 Å². The van der Waals surface area contributed by atoms with Crippen LogP contribution in [0.4, 0.5) is 0 Å². The van der Waals surface area contributed by atoms with Gasteiger partial charge in [0.2, 0.25) is 0 Å². The van der Waals surface area contributed by atoms with Gasteiger partial charge in [0.05, 0.1) is 68.0 Å². The minimum Gasteiger partial charge on any atom is -0.536 e. The maximum Gasteiger partial charge on any atom is 0.353 e. The molecule has 402 valence electrons. The highest BCUT2D eigenvalue weighted by Crippen LogP contribution is 2.39. The number of nitrogens with one attached hydrogen (secondary N) is 1. The summed E-state index contributed by atoms with van der Waals surface area (Å²) in [5.74, 6) is 2.24. The molecule has 0 aliphatic carbocycles. The number of benzene rings is 3. The molecule has 3 rings (SSSR count). The molecule has 0 amide bonds. The van der Waals surface area contributed by atoms with Crippen LogP contribution in [-0.4, -0.2) is 114 Å². The van der Waals surface area contributed by atoms with Gasteiger partial charge in [-0.15, -0.1) is 0 Å². The zero-order valence-corrected chi connectivity index (χ0v) is 46.0. The van der Waals surface area contributed by atoms with Gasteiger partial charge >= 0.3 is 13.5 Å². The average Bonchev–Trinajstić information content (AvgIpc) is 3.32. The fraction of sp³-hybridized carbons (Fsp3) is 0.621. The Bertz CT molecular complexity index is 1970. The van der Waals surface area contributed by atoms with Crippen LogP contribution in [0.5, 0.6) is 23.0 Å². The Morgan fingerprint density at radius 1 is 0.583 bits per heavy atom. The van der Waals surface area contributed by atoms with E-state index in [0.717, 1.165) is 74.1 Å². The summed E-state index contributed by atoms with van der Waals surface area (Å²) in [6.07, 6.45) is 6.34. The Balaban J connectivity index is 1.29. The Hall–Kier alpha value is -4.60. The summed E-state index contributed by atoms with van der Waals surface area (Å²) in [7, 11) is 0.175. The van der Waals surface area contributed by atoms with Gasteiger partial charge in [0.1, 0.15) is 28.6 Å². The van der Waals surface area contributed by atoms with E-state index in [2.05, 4.69) is 67.3 Å². The van der Waals surface area contributed by atoms with Crippen molar-refractivity contribution in [3.05, 3.63) is 97.6 Å². The molecule has 0 radical (unpaired) electrons. The normalized spacial score (nSPS) is 13.4. The maximum absolute atomic E-state index is 11.7. The van der Waals surface area contributed by atoms with Crippen molar-refractivity contribution in [2.45, 2.75) is 155 Å². The zero-order valence-electron chi connectivity index (χ0n) is 46.0. The Morgan fingerprint density at radius 2 is 1.12 bits per heavy atom. The molecule has 2 atom stereocenters. The quantitative estimate of drug-likeness (QED) is 0.0250. The lowest BCUT2D eigenvalue weighted by Gasteiger charge is -2.43. The third-order valence-corrected chi connectivity index (χ3v) is 13.4. The van der Waals surface area contributed by atoms with Crippen molar-refractivity contribution in [2.75, 3.05) is 65.9 Å². The fourth-order valence-corrected chi connectivity index (χ4v) is 7.30. The summed E-state index contributed by atoms with van der Waals surface area (Å²) >= 11 is 0. The fourth-order valence-electron chi connectivity index (χ4n) is 7.30. The Labute approximate surface area is 433 Å². The maximum atomic E-state index is 11.7. The number of hydrogen-bond acceptors (Lipinski definition) is 13. The SMILES string of the molecule is C=CC(=O)OBC(COc1ccccc1)COC(C)(C)CNCCCOC(C)(C)CCOc1cccc(OCCC(C)(C)OCCCCC(C)(C)C(C)(C)OCC(COc2ccccc2)C(C)(C)OC=O)c1. The summed E-state index contributed by atoms with van der Waals surface area (Å²) in [4.78, 5) is 23.1. The van der Waals surface area contributed by atoms with Crippen molar-refractivity contribution >= 4 is 19.9 Å². The average molecular weight is 1000 g/mol. The molecule has 1 N–H and O–H groups in total. The van der Waals surface area contributed by atoms with Crippen LogP contribution in [0.15, 0.2) is 97.6 Å². The molecule has 0 heterocycles. The zero-order chi connectivity index (χ0) is 53.2. The molecule has 0 spiro atoms. The van der Waals surface area contributed by atoms with Crippen molar-refractivity contribution in [3.63, 3.8) is 0 Å². The molecule has 0 fully saturated rings. The standard InChI is InChI=1S/C58H90BNO12/c1-14-52(62)72-59-47(42-66-49-27-19-16-20-28-49)43-69-56(8,9)44-60-34-24-36-68-55(6,7)33-38-64-51-30-23-29-50(39-51)63-37-32-54(4,5)67-35-22-21-31-53(2,3)58(12,13)70-41-46(57(10,11)71-45-61)40-65-48-25-17-15-18-26-48/h14-20,23,25-30,39,45-47,59-60H,1,21-22,24,31-38,40-44H2,2-13H3. The first-order chi connectivity index (χ1) is 34.0. The first kappa shape index (κ1) is 61.7. The van der Waals surface area contributed by atoms with Gasteiger partial charge in [-0.25, -0.2) is 4.79 Å². The van der Waals surface area contributed by atoms with Crippen LogP contribution in [0.2, 0.25) is 5.82 Å². The second-order valence-corrected chi connectivity index (χ2v) is 22.1. The van der Waals surface area contributed by atoms with Crippen LogP contribution in [0.3, 0.4) is 0 Å². The molecule has 72 heavy (non-hydrogen) atoms. The van der Waals surface area contributed by atoms with Gasteiger partial charge < -0.3 is 52.6 Å². The lowest BCUT2D eigenvalue weighted by atomic mass is 9.73. The summed E-state index contributed by atoms with van der Waals surface area (Å²) in [5.41, 5.74) is -2.49. The molecule has 0 aromatic heterocycles. The van der Waals surface area contributed by atoms with E-state index in [1.807, 2.05) is 113 Å². The molecule has 2 unspecified atom stereocenters. The van der Waals surface area contributed by atoms with Crippen molar-refractivity contribution in [2.24, 2.45) is 11.3 Å². The predicted octanol–water partition coefficient (Wildman–Crippen LogP) is 11.2. The van der Waals surface area contributed by atoms with Crippen LogP contribution < -0.4 is 24.3 Å². The van der Waals surface area contributed by atoms with Gasteiger partial charge in [0.25, 0.3) is 6.47 Å². The van der Waals surface area contributed by atoms with Crippen LogP contribution in [0.1, 0.15) is 122 Å². The Kier molecular flexibility index (Phi) is 26.2. The lowest BCUT2D eigenvalue weighted by molar-refractivity contribution is -0.162. The molecule has 0 saturated carbocycles. The number of hydrogen-bond donors (Lipinski definition) is 1. The molecular weight excluding hydrogens is 913 g/mol. The van der Waals surface area contributed by atoms with E-state index in [1.165, 1.54) is 0 Å². The van der Waals surface area contributed by atoms with E-state index in [4.69, 9.17) is 47.3 Å². The molecule has 0 saturated heterocycles. The second kappa shape index (κ2) is 30.6. The third-order valence-electron chi connectivity index (χ3n) is 13.4. The van der Waals surface area contributed by atoms with Gasteiger partial charge in [0, 0.05) is 50.6 Å². The smallest absolute Gasteiger partial charge is 0.353 e. The molecule has 3 aromatic rings. The molecular formula is C58H90BNO12. The number of unbranched alkanes of at least 4 members (excludes halogenated alkanes) is 1. The van der Waals surface area contributed by atoms with Crippen LogP contribution >= 0.6 is 0 Å². The minimum atomic E-state index is -0.764. The van der Waals surface area contributed by atoms with Crippen molar-refractivity contribution in [1.29, 1.82) is 0 Å². The van der Waals surface area contributed by atoms with Gasteiger partial charge in [-0.1, -0.05) is 69.3 Å². The Morgan fingerprint density at radius 3 is 1.68 bits per heavy atom. The van der Waals surface area contributed by atoms with E-state index in [9.17, 15) is 9.59 Å². The highest BCUT2D eigenvalue weighted by molar-refractivity contribution is 6.33. The molecule has 3 aromatic carbocycles. The van der Waals surface area contributed by atoms with Crippen LogP contribution in [0, 0.1) is 11.3 Å². The van der Waals surface area contributed by atoms with Gasteiger partial charge in [-0.05, 0) is 137 Å². The van der Waals surface area contributed by atoms with Gasteiger partial charge in [-0.3, -0.25) is 4.79 Å². The monoisotopic (exact) mass is 1000 g/mol. The van der Waals surface area contributed by atoms with E-state index < -0.39 is 22.8 Å². The van der Waals surface area contributed by atoms with E-state index in [0.29, 0.717) is 65.9 Å². The molecule has 0 aliphatic rings. The summed E-state index contributed by atoms with van der Waals surface area (Å²) in [5, 5.41) is 3.49. The number of rotatable bonds is 40. The molecule has 14 heteroatoms. The number of carbonyl (C=O) groups is 2. The van der Waals surface area contributed by atoms with Crippen LogP contribution in [0.25, 0.3) is 0 Å². The van der Waals surface area contributed by atoms with Crippen LogP contribution in [-0.2, 0) is 37.9 Å². The van der Waals surface area contributed by atoms with E-state index >= 15 is 0 Å². The molecule has 13 nitrogen and oxygen atoms in total. The van der Waals surface area contributed by atoms with Crippen molar-refractivity contribution in [3.8, 4) is 23.0 Å². The summed E-state index contributed by atoms with van der Waals surface area (Å²) in [6, 6.07) is 27.0. The summed E-state index contributed by atoms with van der Waals surface area (Å²) in [6.45, 7) is 34.2. The number of carbonyl (C=O) groups excluding carboxylic acids is 2. The molecule has 0 aliphatic heterocycles. The second-order valence-electron chi connectivity index (χ2n) is 22.1. The largest absolute Gasteiger partial charge is 0.536 e. The highest BCUT2D eigenvalue weighted by atomic mass is 16.6. The number of ether oxygens (including phenoxy) is 9. The van der Waals surface area contributed by atoms with Crippen molar-refractivity contribution < 1.29 is 56.9 Å². The van der Waals surface area contributed by atoms with E-state index in [-0.39, 0.29) is 35.8 Å².